The number of hydrogen-bond acceptors (Lipinski definition) is 5. The second-order valence-corrected chi connectivity index (χ2v) is 9.96. The first-order chi connectivity index (χ1) is 14.4. The summed E-state index contributed by atoms with van der Waals surface area (Å²) in [6.45, 7) is 2.98. The molecule has 10 heteroatoms. The molecule has 2 heterocycles. The molecule has 0 spiro atoms. The van der Waals surface area contributed by atoms with Gasteiger partial charge in [0.25, 0.3) is 0 Å². The number of nitrogens with zero attached hydrogens (tertiary/aromatic N) is 3. The normalized spacial score (nSPS) is 22.9. The standard InChI is InChI=1S/C20H25N5O4S/c1-11-6-13-7-12-4-3-5-15(12)18(17(11)13)23-20(26)24-30(21,27)16-8-22-25-9-14(10-28-2)29-19(16)25/h7-8,11,14H,3-6,9-10H2,1-2H3,(H3,21,23,24,26,27)/t11-,14+,30?/m1/s1. The summed E-state index contributed by atoms with van der Waals surface area (Å²) in [5, 5.41) is 13.0. The summed E-state index contributed by atoms with van der Waals surface area (Å²) in [5.41, 5.74) is 5.74. The zero-order chi connectivity index (χ0) is 21.0. The Kier molecular flexibility index (Phi) is 4.60. The highest BCUT2D eigenvalue weighted by Gasteiger charge is 2.33. The second kappa shape index (κ2) is 7.07. The Morgan fingerprint density at radius 3 is 3.07 bits per heavy atom. The van der Waals surface area contributed by atoms with Gasteiger partial charge in [0.1, 0.15) is 11.0 Å². The van der Waals surface area contributed by atoms with Crippen molar-refractivity contribution in [1.82, 2.24) is 9.78 Å². The zero-order valence-corrected chi connectivity index (χ0v) is 17.8. The van der Waals surface area contributed by atoms with E-state index in [9.17, 15) is 9.00 Å². The molecule has 0 bridgehead atoms. The van der Waals surface area contributed by atoms with Gasteiger partial charge in [-0.15, -0.1) is 4.36 Å². The minimum Gasteiger partial charge on any atom is -0.469 e. The summed E-state index contributed by atoms with van der Waals surface area (Å²) in [5.74, 6) is 0.660. The van der Waals surface area contributed by atoms with Gasteiger partial charge < -0.3 is 14.8 Å². The molecular weight excluding hydrogens is 406 g/mol. The Morgan fingerprint density at radius 1 is 1.47 bits per heavy atom. The van der Waals surface area contributed by atoms with Crippen LogP contribution in [0.15, 0.2) is 21.5 Å². The average molecular weight is 432 g/mol. The van der Waals surface area contributed by atoms with Gasteiger partial charge in [-0.2, -0.15) is 5.10 Å². The fourth-order valence-corrected chi connectivity index (χ4v) is 5.76. The Morgan fingerprint density at radius 2 is 2.30 bits per heavy atom. The fourth-order valence-electron chi connectivity index (χ4n) is 4.77. The van der Waals surface area contributed by atoms with Crippen LogP contribution in [0.4, 0.5) is 10.5 Å². The quantitative estimate of drug-likeness (QED) is 0.770. The summed E-state index contributed by atoms with van der Waals surface area (Å²) < 4.78 is 29.4. The second-order valence-electron chi connectivity index (χ2n) is 8.20. The molecule has 3 aliphatic rings. The third kappa shape index (κ3) is 3.10. The van der Waals surface area contributed by atoms with Gasteiger partial charge >= 0.3 is 6.03 Å². The Hall–Kier alpha value is -2.43. The van der Waals surface area contributed by atoms with E-state index in [-0.39, 0.29) is 16.9 Å². The molecule has 2 aromatic rings. The number of fused-ring (bicyclic) bond motifs is 3. The molecule has 0 fully saturated rings. The molecule has 2 amide bonds. The van der Waals surface area contributed by atoms with Crippen molar-refractivity contribution in [2.24, 2.45) is 9.50 Å². The number of nitrogens with one attached hydrogen (secondary N) is 1. The number of nitrogens with two attached hydrogens (primary N) is 1. The number of methoxy groups -OCH3 is 1. The van der Waals surface area contributed by atoms with Gasteiger partial charge in [0.05, 0.1) is 19.3 Å². The number of hydrogen-bond donors (Lipinski definition) is 2. The molecule has 0 radical (unpaired) electrons. The van der Waals surface area contributed by atoms with E-state index in [0.29, 0.717) is 19.1 Å². The van der Waals surface area contributed by atoms with E-state index in [2.05, 4.69) is 27.8 Å². The van der Waals surface area contributed by atoms with Gasteiger partial charge in [-0.25, -0.2) is 18.8 Å². The minimum atomic E-state index is -3.52. The first kappa shape index (κ1) is 19.5. The van der Waals surface area contributed by atoms with Crippen LogP contribution in [0.5, 0.6) is 5.88 Å². The van der Waals surface area contributed by atoms with Crippen molar-refractivity contribution in [2.75, 3.05) is 19.0 Å². The molecule has 1 unspecified atom stereocenters. The predicted octanol–water partition coefficient (Wildman–Crippen LogP) is 2.37. The third-order valence-electron chi connectivity index (χ3n) is 6.08. The summed E-state index contributed by atoms with van der Waals surface area (Å²) in [6, 6.07) is 1.55. The molecule has 2 aliphatic carbocycles. The third-order valence-corrected chi connectivity index (χ3v) is 7.42. The van der Waals surface area contributed by atoms with E-state index < -0.39 is 15.9 Å². The number of anilines is 1. The molecule has 1 aliphatic heterocycles. The Balaban J connectivity index is 1.44. The van der Waals surface area contributed by atoms with Crippen molar-refractivity contribution in [3.05, 3.63) is 34.5 Å². The molecule has 5 rings (SSSR count). The fraction of sp³-hybridized carbons (Fsp3) is 0.500. The number of rotatable bonds is 4. The number of carbonyl (C=O) groups is 1. The highest BCUT2D eigenvalue weighted by Crippen LogP contribution is 2.45. The van der Waals surface area contributed by atoms with Crippen molar-refractivity contribution in [1.29, 1.82) is 0 Å². The molecule has 0 saturated carbocycles. The SMILES string of the molecule is COC[C@@H]1Cn2ncc(S(N)(=O)=NC(=O)Nc3c4c(cc5c3[C@H](C)C5)CCC4)c2O1. The van der Waals surface area contributed by atoms with E-state index in [1.165, 1.54) is 28.5 Å². The van der Waals surface area contributed by atoms with Crippen LogP contribution < -0.4 is 15.2 Å². The first-order valence-corrected chi connectivity index (χ1v) is 11.7. The van der Waals surface area contributed by atoms with Gasteiger partial charge in [-0.1, -0.05) is 13.0 Å². The lowest BCUT2D eigenvalue weighted by Crippen LogP contribution is -2.23. The van der Waals surface area contributed by atoms with Crippen LogP contribution >= 0.6 is 0 Å². The van der Waals surface area contributed by atoms with Gasteiger partial charge in [0, 0.05) is 12.8 Å². The van der Waals surface area contributed by atoms with Gasteiger partial charge in [0.2, 0.25) is 5.88 Å². The van der Waals surface area contributed by atoms with Crippen LogP contribution in [-0.2, 0) is 40.5 Å². The molecule has 9 nitrogen and oxygen atoms in total. The monoisotopic (exact) mass is 431 g/mol. The molecule has 1 aromatic carbocycles. The van der Waals surface area contributed by atoms with Crippen molar-refractivity contribution in [3.63, 3.8) is 0 Å². The van der Waals surface area contributed by atoms with E-state index in [1.807, 2.05) is 0 Å². The van der Waals surface area contributed by atoms with E-state index >= 15 is 0 Å². The molecule has 1 aromatic heterocycles. The number of aryl methyl sites for hydroxylation is 1. The molecule has 0 saturated heterocycles. The molecule has 160 valence electrons. The smallest absolute Gasteiger partial charge is 0.354 e. The van der Waals surface area contributed by atoms with E-state index in [1.54, 1.807) is 11.8 Å². The highest BCUT2D eigenvalue weighted by atomic mass is 32.2. The highest BCUT2D eigenvalue weighted by molar-refractivity contribution is 7.91. The zero-order valence-electron chi connectivity index (χ0n) is 17.0. The van der Waals surface area contributed by atoms with Crippen LogP contribution in [0.2, 0.25) is 0 Å². The van der Waals surface area contributed by atoms with Crippen molar-refractivity contribution in [3.8, 4) is 5.88 Å². The van der Waals surface area contributed by atoms with Crippen molar-refractivity contribution >= 4 is 21.6 Å². The van der Waals surface area contributed by atoms with Gasteiger partial charge in [0.15, 0.2) is 9.92 Å². The molecule has 3 atom stereocenters. The van der Waals surface area contributed by atoms with Crippen LogP contribution in [-0.4, -0.2) is 39.8 Å². The van der Waals surface area contributed by atoms with Crippen molar-refractivity contribution < 1.29 is 18.5 Å². The number of amides is 2. The lowest BCUT2D eigenvalue weighted by atomic mass is 9.75. The maximum absolute atomic E-state index is 13.1. The molecular formula is C20H25N5O4S. The van der Waals surface area contributed by atoms with Gasteiger partial charge in [-0.05, 0) is 53.9 Å². The number of carbonyl (C=O) groups excluding carboxylic acids is 1. The topological polar surface area (TPSA) is 121 Å². The Bertz CT molecular complexity index is 1160. The molecule has 30 heavy (non-hydrogen) atoms. The van der Waals surface area contributed by atoms with Crippen molar-refractivity contribution in [2.45, 2.75) is 56.1 Å². The summed E-state index contributed by atoms with van der Waals surface area (Å²) in [4.78, 5) is 12.9. The van der Waals surface area contributed by atoms with Crippen LogP contribution in [0, 0.1) is 0 Å². The summed E-state index contributed by atoms with van der Waals surface area (Å²) in [6.07, 6.45) is 5.14. The van der Waals surface area contributed by atoms with Crippen LogP contribution in [0.1, 0.15) is 41.5 Å². The number of urea groups is 1. The number of ether oxygens (including phenoxy) is 2. The minimum absolute atomic E-state index is 0.121. The van der Waals surface area contributed by atoms with Crippen LogP contribution in [0.25, 0.3) is 0 Å². The summed E-state index contributed by atoms with van der Waals surface area (Å²) in [7, 11) is -1.94. The van der Waals surface area contributed by atoms with E-state index in [4.69, 9.17) is 14.6 Å². The maximum atomic E-state index is 13.1. The lowest BCUT2D eigenvalue weighted by molar-refractivity contribution is 0.0920. The molecule has 3 N–H and O–H groups in total. The van der Waals surface area contributed by atoms with E-state index in [0.717, 1.165) is 31.4 Å². The predicted molar refractivity (Wildman–Crippen MR) is 111 cm³/mol. The number of aromatic nitrogens is 2. The van der Waals surface area contributed by atoms with Crippen LogP contribution in [0.3, 0.4) is 0 Å². The lowest BCUT2D eigenvalue weighted by Gasteiger charge is -2.31. The summed E-state index contributed by atoms with van der Waals surface area (Å²) >= 11 is 0. The number of benzene rings is 1. The Labute approximate surface area is 175 Å². The largest absolute Gasteiger partial charge is 0.469 e. The first-order valence-electron chi connectivity index (χ1n) is 10.1. The van der Waals surface area contributed by atoms with Gasteiger partial charge in [-0.3, -0.25) is 0 Å². The maximum Gasteiger partial charge on any atom is 0.354 e. The average Bonchev–Trinajstić information content (AvgIpc) is 3.35.